The average molecular weight is 308 g/mol. The normalized spacial score (nSPS) is 12.0. The molecule has 21 heavy (non-hydrogen) atoms. The Morgan fingerprint density at radius 3 is 2.19 bits per heavy atom. The summed E-state index contributed by atoms with van der Waals surface area (Å²) in [6.45, 7) is 0. The van der Waals surface area contributed by atoms with Crippen molar-refractivity contribution >= 4 is 11.9 Å². The van der Waals surface area contributed by atoms with Crippen LogP contribution in [0.2, 0.25) is 0 Å². The standard InChI is InChI=1S/C12H11F3O6/c1-20-11(9(16)17,10(18)19)6-7-3-2-4-8(5-7)21-12(13,14)15/h2-5H,6H2,1H3,(H,16,17)(H,18,19). The van der Waals surface area contributed by atoms with Gasteiger partial charge in [-0.2, -0.15) is 0 Å². The zero-order chi connectivity index (χ0) is 16.3. The van der Waals surface area contributed by atoms with Crippen molar-refractivity contribution < 1.29 is 42.4 Å². The molecule has 0 heterocycles. The molecule has 0 spiro atoms. The maximum atomic E-state index is 12.1. The number of carboxylic acids is 2. The number of hydrogen-bond donors (Lipinski definition) is 2. The first-order valence-corrected chi connectivity index (χ1v) is 5.47. The van der Waals surface area contributed by atoms with Gasteiger partial charge in [0.1, 0.15) is 5.75 Å². The number of aliphatic carboxylic acids is 2. The van der Waals surface area contributed by atoms with Gasteiger partial charge in [-0.1, -0.05) is 12.1 Å². The summed E-state index contributed by atoms with van der Waals surface area (Å²) in [5.41, 5.74) is -2.58. The van der Waals surface area contributed by atoms with Crippen molar-refractivity contribution in [2.45, 2.75) is 18.4 Å². The van der Waals surface area contributed by atoms with E-state index < -0.39 is 36.1 Å². The number of halogens is 3. The van der Waals surface area contributed by atoms with Gasteiger partial charge < -0.3 is 19.7 Å². The van der Waals surface area contributed by atoms with Crippen LogP contribution < -0.4 is 4.74 Å². The Kier molecular flexibility index (Phi) is 4.79. The lowest BCUT2D eigenvalue weighted by atomic mass is 9.94. The quantitative estimate of drug-likeness (QED) is 0.777. The molecule has 0 aliphatic carbocycles. The van der Waals surface area contributed by atoms with E-state index in [1.807, 2.05) is 0 Å². The molecule has 0 unspecified atom stereocenters. The number of rotatable bonds is 6. The van der Waals surface area contributed by atoms with Crippen molar-refractivity contribution in [3.8, 4) is 5.75 Å². The molecule has 116 valence electrons. The third kappa shape index (κ3) is 4.09. The van der Waals surface area contributed by atoms with Gasteiger partial charge in [0.2, 0.25) is 0 Å². The highest BCUT2D eigenvalue weighted by molar-refractivity contribution is 6.02. The number of benzene rings is 1. The zero-order valence-corrected chi connectivity index (χ0v) is 10.7. The first-order valence-electron chi connectivity index (χ1n) is 5.47. The van der Waals surface area contributed by atoms with Crippen LogP contribution in [0.15, 0.2) is 24.3 Å². The Balaban J connectivity index is 3.08. The van der Waals surface area contributed by atoms with Crippen molar-refractivity contribution in [1.82, 2.24) is 0 Å². The first kappa shape index (κ1) is 16.8. The smallest absolute Gasteiger partial charge is 0.479 e. The molecule has 0 saturated heterocycles. The highest BCUT2D eigenvalue weighted by atomic mass is 19.4. The minimum absolute atomic E-state index is 0.00315. The van der Waals surface area contributed by atoms with E-state index in [4.69, 9.17) is 10.2 Å². The fourth-order valence-electron chi connectivity index (χ4n) is 1.63. The van der Waals surface area contributed by atoms with Crippen LogP contribution in [-0.2, 0) is 20.7 Å². The lowest BCUT2D eigenvalue weighted by Crippen LogP contribution is -2.50. The first-order chi connectivity index (χ1) is 9.60. The van der Waals surface area contributed by atoms with Crippen LogP contribution in [0.25, 0.3) is 0 Å². The zero-order valence-electron chi connectivity index (χ0n) is 10.7. The van der Waals surface area contributed by atoms with Gasteiger partial charge in [0.15, 0.2) is 0 Å². The molecule has 2 N–H and O–H groups in total. The van der Waals surface area contributed by atoms with Crippen LogP contribution in [-0.4, -0.2) is 41.2 Å². The van der Waals surface area contributed by atoms with Crippen molar-refractivity contribution in [2.75, 3.05) is 7.11 Å². The van der Waals surface area contributed by atoms with E-state index in [9.17, 15) is 22.8 Å². The molecular weight excluding hydrogens is 297 g/mol. The minimum atomic E-state index is -4.91. The highest BCUT2D eigenvalue weighted by Crippen LogP contribution is 2.26. The number of carbonyl (C=O) groups is 2. The molecule has 1 aromatic carbocycles. The molecule has 0 aliphatic rings. The summed E-state index contributed by atoms with van der Waals surface area (Å²) in [5, 5.41) is 18.0. The van der Waals surface area contributed by atoms with Gasteiger partial charge in [0.05, 0.1) is 0 Å². The highest BCUT2D eigenvalue weighted by Gasteiger charge is 2.47. The second-order valence-corrected chi connectivity index (χ2v) is 4.01. The van der Waals surface area contributed by atoms with Gasteiger partial charge in [-0.15, -0.1) is 13.2 Å². The number of ether oxygens (including phenoxy) is 2. The Bertz CT molecular complexity index is 526. The van der Waals surface area contributed by atoms with Crippen molar-refractivity contribution in [1.29, 1.82) is 0 Å². The molecule has 6 nitrogen and oxygen atoms in total. The lowest BCUT2D eigenvalue weighted by molar-refractivity contribution is -0.274. The molecule has 0 aliphatic heterocycles. The Morgan fingerprint density at radius 1 is 1.19 bits per heavy atom. The van der Waals surface area contributed by atoms with Crippen LogP contribution in [0.1, 0.15) is 5.56 Å². The summed E-state index contributed by atoms with van der Waals surface area (Å²) in [5.74, 6) is -4.11. The van der Waals surface area contributed by atoms with Gasteiger partial charge in [-0.05, 0) is 17.7 Å². The number of hydrogen-bond acceptors (Lipinski definition) is 4. The van der Waals surface area contributed by atoms with Crippen LogP contribution >= 0.6 is 0 Å². The maximum Gasteiger partial charge on any atom is 0.573 e. The summed E-state index contributed by atoms with van der Waals surface area (Å²) in [6.07, 6.45) is -5.57. The molecule has 9 heteroatoms. The monoisotopic (exact) mass is 308 g/mol. The van der Waals surface area contributed by atoms with Crippen LogP contribution in [0, 0.1) is 0 Å². The summed E-state index contributed by atoms with van der Waals surface area (Å²) in [4.78, 5) is 22.2. The second-order valence-electron chi connectivity index (χ2n) is 4.01. The predicted octanol–water partition coefficient (Wildman–Crippen LogP) is 1.68. The molecule has 0 amide bonds. The summed E-state index contributed by atoms with van der Waals surface area (Å²) >= 11 is 0. The minimum Gasteiger partial charge on any atom is -0.479 e. The van der Waals surface area contributed by atoms with Crippen molar-refractivity contribution in [3.63, 3.8) is 0 Å². The lowest BCUT2D eigenvalue weighted by Gasteiger charge is -2.23. The number of alkyl halides is 3. The van der Waals surface area contributed by atoms with Gasteiger partial charge in [-0.3, -0.25) is 0 Å². The molecule has 0 radical (unpaired) electrons. The predicted molar refractivity (Wildman–Crippen MR) is 61.8 cm³/mol. The van der Waals surface area contributed by atoms with E-state index in [1.54, 1.807) is 0 Å². The van der Waals surface area contributed by atoms with E-state index in [0.717, 1.165) is 19.2 Å². The second kappa shape index (κ2) is 6.00. The summed E-state index contributed by atoms with van der Waals surface area (Å²) < 4.78 is 44.5. The molecule has 0 saturated carbocycles. The fourth-order valence-corrected chi connectivity index (χ4v) is 1.63. The van der Waals surface area contributed by atoms with E-state index in [2.05, 4.69) is 9.47 Å². The topological polar surface area (TPSA) is 93.1 Å². The van der Waals surface area contributed by atoms with E-state index >= 15 is 0 Å². The Morgan fingerprint density at radius 2 is 1.76 bits per heavy atom. The third-order valence-electron chi connectivity index (χ3n) is 2.62. The largest absolute Gasteiger partial charge is 0.573 e. The van der Waals surface area contributed by atoms with Gasteiger partial charge in [0, 0.05) is 13.5 Å². The Hall–Kier alpha value is -2.29. The van der Waals surface area contributed by atoms with Crippen molar-refractivity contribution in [3.05, 3.63) is 29.8 Å². The van der Waals surface area contributed by atoms with Gasteiger partial charge >= 0.3 is 18.3 Å². The molecule has 1 aromatic rings. The average Bonchev–Trinajstić information content (AvgIpc) is 2.33. The molecule has 0 fully saturated rings. The van der Waals surface area contributed by atoms with Gasteiger partial charge in [0.25, 0.3) is 5.60 Å². The number of carboxylic acid groups (broad SMARTS) is 2. The number of methoxy groups -OCH3 is 1. The molecule has 0 atom stereocenters. The SMILES string of the molecule is COC(Cc1cccc(OC(F)(F)F)c1)(C(=O)O)C(=O)O. The van der Waals surface area contributed by atoms with Crippen LogP contribution in [0.5, 0.6) is 5.75 Å². The molecule has 1 rings (SSSR count). The van der Waals surface area contributed by atoms with Crippen LogP contribution in [0.4, 0.5) is 13.2 Å². The molecular formula is C12H11F3O6. The maximum absolute atomic E-state index is 12.1. The molecule has 0 aromatic heterocycles. The summed E-state index contributed by atoms with van der Waals surface area (Å²) in [7, 11) is 0.887. The fraction of sp³-hybridized carbons (Fsp3) is 0.333. The van der Waals surface area contributed by atoms with E-state index in [0.29, 0.717) is 0 Å². The molecule has 0 bridgehead atoms. The van der Waals surface area contributed by atoms with Gasteiger partial charge in [-0.25, -0.2) is 9.59 Å². The van der Waals surface area contributed by atoms with E-state index in [-0.39, 0.29) is 5.56 Å². The van der Waals surface area contributed by atoms with Crippen molar-refractivity contribution in [2.24, 2.45) is 0 Å². The van der Waals surface area contributed by atoms with Crippen LogP contribution in [0.3, 0.4) is 0 Å². The Labute approximate surface area is 116 Å². The third-order valence-corrected chi connectivity index (χ3v) is 2.62. The van der Waals surface area contributed by atoms with E-state index in [1.165, 1.54) is 12.1 Å². The summed E-state index contributed by atoms with van der Waals surface area (Å²) in [6, 6.07) is 4.35.